The third-order valence-electron chi connectivity index (χ3n) is 4.19. The molecule has 25 heavy (non-hydrogen) atoms. The number of aryl methyl sites for hydroxylation is 1. The van der Waals surface area contributed by atoms with Crippen LogP contribution in [0.3, 0.4) is 0 Å². The van der Waals surface area contributed by atoms with E-state index in [1.165, 1.54) is 6.07 Å². The van der Waals surface area contributed by atoms with Gasteiger partial charge in [0, 0.05) is 12.7 Å². The minimum Gasteiger partial charge on any atom is -0.334 e. The fourth-order valence-corrected chi connectivity index (χ4v) is 3.92. The molecule has 0 fully saturated rings. The van der Waals surface area contributed by atoms with Crippen molar-refractivity contribution in [1.82, 2.24) is 14.5 Å². The zero-order chi connectivity index (χ0) is 17.6. The molecule has 0 aliphatic rings. The molecule has 0 unspecified atom stereocenters. The average Bonchev–Trinajstić information content (AvgIpc) is 3.13. The Morgan fingerprint density at radius 3 is 2.84 bits per heavy atom. The van der Waals surface area contributed by atoms with Crippen molar-refractivity contribution in [3.05, 3.63) is 48.0 Å². The van der Waals surface area contributed by atoms with E-state index in [1.807, 2.05) is 17.7 Å². The number of nitrogens with one attached hydrogen (secondary N) is 1. The lowest BCUT2D eigenvalue weighted by atomic mass is 10.0. The van der Waals surface area contributed by atoms with E-state index in [4.69, 9.17) is 4.98 Å². The van der Waals surface area contributed by atoms with Crippen molar-refractivity contribution in [3.63, 3.8) is 0 Å². The van der Waals surface area contributed by atoms with Crippen LogP contribution in [-0.4, -0.2) is 14.5 Å². The Balaban J connectivity index is 1.76. The second-order valence-corrected chi connectivity index (χ2v) is 7.71. The van der Waals surface area contributed by atoms with E-state index < -0.39 is 0 Å². The largest absolute Gasteiger partial charge is 0.334 e. The molecule has 0 aliphatic carbocycles. The molecule has 4 aromatic rings. The summed E-state index contributed by atoms with van der Waals surface area (Å²) in [6.45, 7) is 4.31. The van der Waals surface area contributed by atoms with Crippen molar-refractivity contribution in [2.75, 3.05) is 5.32 Å². The van der Waals surface area contributed by atoms with Gasteiger partial charge in [-0.3, -0.25) is 0 Å². The van der Waals surface area contributed by atoms with E-state index in [0.717, 1.165) is 44.1 Å². The van der Waals surface area contributed by atoms with Crippen molar-refractivity contribution in [2.45, 2.75) is 20.3 Å². The van der Waals surface area contributed by atoms with Gasteiger partial charge >= 0.3 is 0 Å². The number of rotatable bonds is 4. The van der Waals surface area contributed by atoms with Crippen LogP contribution in [0.15, 0.2) is 36.7 Å². The normalized spacial score (nSPS) is 11.7. The molecule has 0 aliphatic heterocycles. The summed E-state index contributed by atoms with van der Waals surface area (Å²) in [5, 5.41) is 4.07. The summed E-state index contributed by atoms with van der Waals surface area (Å²) < 4.78 is 16.8. The van der Waals surface area contributed by atoms with Gasteiger partial charge in [-0.1, -0.05) is 31.3 Å². The van der Waals surface area contributed by atoms with Crippen LogP contribution in [0.5, 0.6) is 0 Å². The number of halogens is 1. The molecule has 4 rings (SSSR count). The maximum atomic E-state index is 13.7. The van der Waals surface area contributed by atoms with Crippen molar-refractivity contribution in [1.29, 1.82) is 0 Å². The topological polar surface area (TPSA) is 42.7 Å². The lowest BCUT2D eigenvalue weighted by molar-refractivity contribution is 0.621. The highest BCUT2D eigenvalue weighted by molar-refractivity contribution is 7.22. The van der Waals surface area contributed by atoms with Gasteiger partial charge in [-0.25, -0.2) is 14.4 Å². The van der Waals surface area contributed by atoms with Crippen molar-refractivity contribution < 1.29 is 4.39 Å². The van der Waals surface area contributed by atoms with Gasteiger partial charge in [0.1, 0.15) is 16.9 Å². The maximum absolute atomic E-state index is 13.7. The Morgan fingerprint density at radius 2 is 2.04 bits per heavy atom. The first-order chi connectivity index (χ1) is 12.0. The van der Waals surface area contributed by atoms with E-state index in [2.05, 4.69) is 36.3 Å². The second-order valence-electron chi connectivity index (χ2n) is 6.68. The summed E-state index contributed by atoms with van der Waals surface area (Å²) in [5.74, 6) is 0.248. The number of thiazole rings is 1. The summed E-state index contributed by atoms with van der Waals surface area (Å²) in [7, 11) is 1.97. The number of fused-ring (bicyclic) bond motifs is 3. The van der Waals surface area contributed by atoms with E-state index >= 15 is 0 Å². The van der Waals surface area contributed by atoms with Gasteiger partial charge in [0.05, 0.1) is 16.5 Å². The molecule has 128 valence electrons. The first kappa shape index (κ1) is 16.0. The molecule has 1 N–H and O–H groups in total. The van der Waals surface area contributed by atoms with Crippen LogP contribution in [0.25, 0.3) is 21.3 Å². The smallest absolute Gasteiger partial charge is 0.188 e. The molecule has 6 heteroatoms. The zero-order valence-electron chi connectivity index (χ0n) is 14.4. The average molecular weight is 354 g/mol. The highest BCUT2D eigenvalue weighted by atomic mass is 32.1. The molecule has 0 saturated heterocycles. The van der Waals surface area contributed by atoms with Crippen LogP contribution in [0, 0.1) is 11.7 Å². The summed E-state index contributed by atoms with van der Waals surface area (Å²) in [4.78, 5) is 9.17. The quantitative estimate of drug-likeness (QED) is 0.543. The molecular weight excluding hydrogens is 335 g/mol. The maximum Gasteiger partial charge on any atom is 0.188 e. The molecular formula is C19H19FN4S. The summed E-state index contributed by atoms with van der Waals surface area (Å²) >= 11 is 1.56. The molecule has 4 nitrogen and oxygen atoms in total. The fourth-order valence-electron chi connectivity index (χ4n) is 3.04. The third kappa shape index (κ3) is 2.98. The van der Waals surface area contributed by atoms with E-state index in [9.17, 15) is 4.39 Å². The predicted molar refractivity (Wildman–Crippen MR) is 102 cm³/mol. The Labute approximate surface area is 149 Å². The van der Waals surface area contributed by atoms with Gasteiger partial charge in [0.2, 0.25) is 0 Å². The van der Waals surface area contributed by atoms with Crippen LogP contribution in [0.4, 0.5) is 15.2 Å². The number of hydrogen-bond donors (Lipinski definition) is 1. The monoisotopic (exact) mass is 354 g/mol. The highest BCUT2D eigenvalue weighted by Gasteiger charge is 2.13. The molecule has 0 spiro atoms. The first-order valence-electron chi connectivity index (χ1n) is 8.27. The van der Waals surface area contributed by atoms with E-state index in [1.54, 1.807) is 23.7 Å². The van der Waals surface area contributed by atoms with Gasteiger partial charge in [-0.2, -0.15) is 0 Å². The van der Waals surface area contributed by atoms with Crippen LogP contribution in [-0.2, 0) is 13.5 Å². The van der Waals surface area contributed by atoms with Gasteiger partial charge in [0.15, 0.2) is 5.13 Å². The number of hydrogen-bond acceptors (Lipinski definition) is 4. The molecule has 0 amide bonds. The van der Waals surface area contributed by atoms with Gasteiger partial charge in [0.25, 0.3) is 0 Å². The highest BCUT2D eigenvalue weighted by Crippen LogP contribution is 2.33. The van der Waals surface area contributed by atoms with Gasteiger partial charge < -0.3 is 9.88 Å². The van der Waals surface area contributed by atoms with Gasteiger partial charge in [-0.05, 0) is 42.2 Å². The van der Waals surface area contributed by atoms with Crippen molar-refractivity contribution >= 4 is 43.4 Å². The van der Waals surface area contributed by atoms with E-state index in [-0.39, 0.29) is 5.82 Å². The number of anilines is 2. The van der Waals surface area contributed by atoms with Crippen LogP contribution < -0.4 is 5.32 Å². The van der Waals surface area contributed by atoms with Crippen LogP contribution in [0.2, 0.25) is 0 Å². The third-order valence-corrected chi connectivity index (χ3v) is 5.13. The summed E-state index contributed by atoms with van der Waals surface area (Å²) in [6, 6.07) is 9.02. The molecule has 0 saturated carbocycles. The Hall–Kier alpha value is -2.47. The number of aromatic nitrogens is 3. The molecule has 2 heterocycles. The molecule has 0 atom stereocenters. The Kier molecular flexibility index (Phi) is 3.92. The molecule has 2 aromatic carbocycles. The van der Waals surface area contributed by atoms with E-state index in [0.29, 0.717) is 5.92 Å². The molecule has 0 bridgehead atoms. The van der Waals surface area contributed by atoms with Crippen molar-refractivity contribution in [3.8, 4) is 0 Å². The molecule has 2 aromatic heterocycles. The minimum absolute atomic E-state index is 0.247. The number of imidazole rings is 1. The summed E-state index contributed by atoms with van der Waals surface area (Å²) in [5.41, 5.74) is 4.71. The summed E-state index contributed by atoms with van der Waals surface area (Å²) in [6.07, 6.45) is 2.68. The zero-order valence-corrected chi connectivity index (χ0v) is 15.2. The first-order valence-corrected chi connectivity index (χ1v) is 9.09. The van der Waals surface area contributed by atoms with Crippen molar-refractivity contribution in [2.24, 2.45) is 13.0 Å². The van der Waals surface area contributed by atoms with Crippen LogP contribution >= 0.6 is 11.3 Å². The number of benzene rings is 2. The lowest BCUT2D eigenvalue weighted by Crippen LogP contribution is -2.00. The lowest BCUT2D eigenvalue weighted by Gasteiger charge is -2.12. The van der Waals surface area contributed by atoms with Gasteiger partial charge in [-0.15, -0.1) is 0 Å². The predicted octanol–water partition coefficient (Wildman–Crippen LogP) is 5.26. The Morgan fingerprint density at radius 1 is 1.20 bits per heavy atom. The number of nitrogens with zero attached hydrogens (tertiary/aromatic N) is 3. The molecule has 0 radical (unpaired) electrons. The fraction of sp³-hybridized carbons (Fsp3) is 0.263. The standard InChI is InChI=1S/C19H19FN4S/c1-11(2)8-12-4-5-13(20)9-14(12)22-19-23-18-16(25-19)7-6-15-17(18)21-10-24(15)3/h4-7,9-11H,8H2,1-3H3,(H,22,23). The second kappa shape index (κ2) is 6.11. The SMILES string of the molecule is CC(C)Cc1ccc(F)cc1Nc1nc2c(ccc3c2ncn3C)s1. The Bertz CT molecular complexity index is 1060. The minimum atomic E-state index is -0.247. The van der Waals surface area contributed by atoms with Crippen LogP contribution in [0.1, 0.15) is 19.4 Å².